The molecule has 2 saturated heterocycles. The van der Waals surface area contributed by atoms with Crippen molar-refractivity contribution in [2.45, 2.75) is 32.2 Å². The lowest BCUT2D eigenvalue weighted by Crippen LogP contribution is -2.57. The van der Waals surface area contributed by atoms with Gasteiger partial charge in [0.05, 0.1) is 5.69 Å². The van der Waals surface area contributed by atoms with E-state index in [1.165, 1.54) is 11.3 Å². The van der Waals surface area contributed by atoms with Crippen LogP contribution in [0.5, 0.6) is 0 Å². The molecule has 0 radical (unpaired) electrons. The summed E-state index contributed by atoms with van der Waals surface area (Å²) in [5.41, 5.74) is 6.43. The van der Waals surface area contributed by atoms with E-state index in [0.29, 0.717) is 41.1 Å². The maximum atomic E-state index is 12.8. The summed E-state index contributed by atoms with van der Waals surface area (Å²) < 4.78 is 0. The number of aromatic nitrogens is 1. The molecule has 3 heterocycles. The van der Waals surface area contributed by atoms with Crippen molar-refractivity contribution in [2.75, 3.05) is 39.0 Å². The van der Waals surface area contributed by atoms with E-state index in [-0.39, 0.29) is 17.9 Å². The average molecular weight is 351 g/mol. The molecule has 0 bridgehead atoms. The first-order valence-corrected chi connectivity index (χ1v) is 9.29. The van der Waals surface area contributed by atoms with Crippen molar-refractivity contribution in [3.63, 3.8) is 0 Å². The summed E-state index contributed by atoms with van der Waals surface area (Å²) in [7, 11) is 1.90. The Hall–Kier alpha value is -1.67. The third-order valence-corrected chi connectivity index (χ3v) is 6.02. The first-order valence-electron chi connectivity index (χ1n) is 8.47. The second kappa shape index (κ2) is 7.06. The summed E-state index contributed by atoms with van der Waals surface area (Å²) in [6.07, 6.45) is 2.30. The lowest BCUT2D eigenvalue weighted by Gasteiger charge is -2.47. The number of thiazole rings is 1. The number of amides is 2. The van der Waals surface area contributed by atoms with E-state index in [2.05, 4.69) is 10.3 Å². The van der Waals surface area contributed by atoms with Gasteiger partial charge in [0.1, 0.15) is 4.88 Å². The average Bonchev–Trinajstić information content (AvgIpc) is 2.91. The Morgan fingerprint density at radius 3 is 2.92 bits per heavy atom. The van der Waals surface area contributed by atoms with Crippen LogP contribution in [0, 0.1) is 12.8 Å². The molecule has 0 aliphatic carbocycles. The van der Waals surface area contributed by atoms with Gasteiger partial charge in [-0.3, -0.25) is 9.59 Å². The Bertz CT molecular complexity index is 632. The van der Waals surface area contributed by atoms with Crippen molar-refractivity contribution in [1.82, 2.24) is 20.1 Å². The second-order valence-corrected chi connectivity index (χ2v) is 7.59. The van der Waals surface area contributed by atoms with E-state index in [1.54, 1.807) is 0 Å². The number of rotatable bonds is 4. The zero-order chi connectivity index (χ0) is 17.3. The van der Waals surface area contributed by atoms with Gasteiger partial charge in [-0.25, -0.2) is 4.98 Å². The van der Waals surface area contributed by atoms with Crippen LogP contribution in [0.25, 0.3) is 0 Å². The number of likely N-dealkylation sites (N-methyl/N-ethyl adjacent to an activating group) is 1. The number of nitrogens with zero attached hydrogens (tertiary/aromatic N) is 3. The molecule has 3 N–H and O–H groups in total. The minimum absolute atomic E-state index is 0.0267. The van der Waals surface area contributed by atoms with Gasteiger partial charge in [0.25, 0.3) is 5.91 Å². The highest BCUT2D eigenvalue weighted by molar-refractivity contribution is 7.17. The van der Waals surface area contributed by atoms with Crippen LogP contribution in [0.15, 0.2) is 0 Å². The smallest absolute Gasteiger partial charge is 0.265 e. The van der Waals surface area contributed by atoms with Gasteiger partial charge < -0.3 is 20.9 Å². The lowest BCUT2D eigenvalue weighted by atomic mass is 9.83. The third-order valence-electron chi connectivity index (χ3n) is 5.04. The van der Waals surface area contributed by atoms with Crippen molar-refractivity contribution in [3.8, 4) is 0 Å². The maximum Gasteiger partial charge on any atom is 0.265 e. The molecule has 0 aromatic carbocycles. The molecule has 0 saturated carbocycles. The summed E-state index contributed by atoms with van der Waals surface area (Å²) >= 11 is 1.26. The van der Waals surface area contributed by atoms with Crippen molar-refractivity contribution in [3.05, 3.63) is 10.6 Å². The highest BCUT2D eigenvalue weighted by Gasteiger charge is 2.40. The number of carbonyl (C=O) groups excluding carboxylic acids is 2. The molecule has 2 aliphatic heterocycles. The fraction of sp³-hybridized carbons (Fsp3) is 0.688. The highest BCUT2D eigenvalue weighted by Crippen LogP contribution is 2.32. The molecule has 2 atom stereocenters. The van der Waals surface area contributed by atoms with Crippen molar-refractivity contribution >= 4 is 28.3 Å². The lowest BCUT2D eigenvalue weighted by molar-refractivity contribution is -0.140. The molecular formula is C16H25N5O2S. The van der Waals surface area contributed by atoms with Crippen molar-refractivity contribution < 1.29 is 9.59 Å². The monoisotopic (exact) mass is 351 g/mol. The Morgan fingerprint density at radius 1 is 1.46 bits per heavy atom. The molecule has 1 aromatic rings. The van der Waals surface area contributed by atoms with E-state index < -0.39 is 0 Å². The van der Waals surface area contributed by atoms with E-state index in [0.717, 1.165) is 25.9 Å². The number of nitrogens with two attached hydrogens (primary N) is 1. The molecule has 2 aliphatic rings. The molecule has 132 valence electrons. The molecule has 3 rings (SSSR count). The molecule has 2 amide bonds. The largest absolute Gasteiger partial charge is 0.375 e. The molecule has 1 aromatic heterocycles. The standard InChI is InChI=1S/C16H25N5O2S/c1-10-14(24-16(17)19-10)15(23)20-7-5-12-11(9-20)3-4-13(22)21(12)8-6-18-2/h11-12,18H,3-9H2,1-2H3,(H2,17,19)/t11-,12+/m0/s1. The minimum Gasteiger partial charge on any atom is -0.375 e. The summed E-state index contributed by atoms with van der Waals surface area (Å²) in [4.78, 5) is 33.7. The van der Waals surface area contributed by atoms with Crippen LogP contribution in [-0.2, 0) is 4.79 Å². The van der Waals surface area contributed by atoms with Gasteiger partial charge in [-0.2, -0.15) is 0 Å². The summed E-state index contributed by atoms with van der Waals surface area (Å²) in [6, 6.07) is 0.260. The Morgan fingerprint density at radius 2 is 2.25 bits per heavy atom. The fourth-order valence-electron chi connectivity index (χ4n) is 3.82. The topological polar surface area (TPSA) is 91.6 Å². The third kappa shape index (κ3) is 3.25. The van der Waals surface area contributed by atoms with E-state index in [1.807, 2.05) is 23.8 Å². The van der Waals surface area contributed by atoms with E-state index in [4.69, 9.17) is 5.73 Å². The normalized spacial score (nSPS) is 24.2. The van der Waals surface area contributed by atoms with Gasteiger partial charge in [0.2, 0.25) is 5.91 Å². The van der Waals surface area contributed by atoms with Crippen LogP contribution in [0.2, 0.25) is 0 Å². The zero-order valence-electron chi connectivity index (χ0n) is 14.2. The molecule has 0 unspecified atom stereocenters. The zero-order valence-corrected chi connectivity index (χ0v) is 15.1. The maximum absolute atomic E-state index is 12.8. The number of fused-ring (bicyclic) bond motifs is 1. The number of nitrogens with one attached hydrogen (secondary N) is 1. The number of carbonyl (C=O) groups is 2. The summed E-state index contributed by atoms with van der Waals surface area (Å²) in [6.45, 7) is 4.77. The molecule has 0 spiro atoms. The SMILES string of the molecule is CNCCN1C(=O)CC[C@H]2CN(C(=O)c3sc(N)nc3C)CC[C@H]21. The van der Waals surface area contributed by atoms with Crippen molar-refractivity contribution in [2.24, 2.45) is 5.92 Å². The first-order chi connectivity index (χ1) is 11.5. The van der Waals surface area contributed by atoms with Crippen LogP contribution in [0.1, 0.15) is 34.6 Å². The molecule has 7 nitrogen and oxygen atoms in total. The summed E-state index contributed by atoms with van der Waals surface area (Å²) in [5, 5.41) is 3.55. The Labute approximate surface area is 146 Å². The fourth-order valence-corrected chi connectivity index (χ4v) is 4.62. The molecule has 8 heteroatoms. The number of anilines is 1. The predicted octanol–water partition coefficient (Wildman–Crippen LogP) is 0.706. The molecule has 24 heavy (non-hydrogen) atoms. The Kier molecular flexibility index (Phi) is 5.05. The van der Waals surface area contributed by atoms with Crippen LogP contribution < -0.4 is 11.1 Å². The number of piperidine rings is 2. The number of likely N-dealkylation sites (tertiary alicyclic amines) is 2. The van der Waals surface area contributed by atoms with Gasteiger partial charge in [0, 0.05) is 38.6 Å². The number of aryl methyl sites for hydroxylation is 1. The van der Waals surface area contributed by atoms with Gasteiger partial charge in [-0.1, -0.05) is 11.3 Å². The van der Waals surface area contributed by atoms with Crippen LogP contribution >= 0.6 is 11.3 Å². The van der Waals surface area contributed by atoms with Crippen LogP contribution in [0.4, 0.5) is 5.13 Å². The number of nitrogen functional groups attached to an aromatic ring is 1. The van der Waals surface area contributed by atoms with Gasteiger partial charge >= 0.3 is 0 Å². The van der Waals surface area contributed by atoms with Crippen molar-refractivity contribution in [1.29, 1.82) is 0 Å². The Balaban J connectivity index is 1.69. The van der Waals surface area contributed by atoms with E-state index in [9.17, 15) is 9.59 Å². The van der Waals surface area contributed by atoms with Gasteiger partial charge in [-0.15, -0.1) is 0 Å². The van der Waals surface area contributed by atoms with Crippen LogP contribution in [0.3, 0.4) is 0 Å². The second-order valence-electron chi connectivity index (χ2n) is 6.56. The number of hydrogen-bond acceptors (Lipinski definition) is 6. The first kappa shape index (κ1) is 17.2. The molecule has 2 fully saturated rings. The summed E-state index contributed by atoms with van der Waals surface area (Å²) in [5.74, 6) is 0.638. The minimum atomic E-state index is 0.0267. The highest BCUT2D eigenvalue weighted by atomic mass is 32.1. The molecular weight excluding hydrogens is 326 g/mol. The van der Waals surface area contributed by atoms with Gasteiger partial charge in [-0.05, 0) is 32.7 Å². The van der Waals surface area contributed by atoms with Crippen LogP contribution in [-0.4, -0.2) is 65.9 Å². The predicted molar refractivity (Wildman–Crippen MR) is 93.9 cm³/mol. The number of hydrogen-bond donors (Lipinski definition) is 2. The quantitative estimate of drug-likeness (QED) is 0.833. The van der Waals surface area contributed by atoms with E-state index >= 15 is 0 Å². The van der Waals surface area contributed by atoms with Gasteiger partial charge in [0.15, 0.2) is 5.13 Å².